The van der Waals surface area contributed by atoms with E-state index in [1.165, 1.54) is 12.1 Å². The van der Waals surface area contributed by atoms with E-state index in [-0.39, 0.29) is 24.0 Å². The van der Waals surface area contributed by atoms with E-state index in [1.54, 1.807) is 0 Å². The molecule has 0 aliphatic carbocycles. The molecule has 0 amide bonds. The fourth-order valence-corrected chi connectivity index (χ4v) is 4.00. The fourth-order valence-electron chi connectivity index (χ4n) is 3.61. The van der Waals surface area contributed by atoms with Crippen molar-refractivity contribution in [1.82, 2.24) is 15.5 Å². The first-order chi connectivity index (χ1) is 13.2. The van der Waals surface area contributed by atoms with Gasteiger partial charge in [-0.15, -0.1) is 24.0 Å². The summed E-state index contributed by atoms with van der Waals surface area (Å²) in [7, 11) is 0. The number of rotatable bonds is 7. The standard InChI is InChI=1S/C20H32BrN5O.HI/c1-2-22-20(23-7-9-25-10-12-27-13-11-25)24-15-17-6-8-26(16-17)19-5-3-4-18(21)14-19;/h3-5,14,17H,2,6-13,15-16H2,1H3,(H2,22,23,24);1H. The van der Waals surface area contributed by atoms with Crippen LogP contribution in [0.25, 0.3) is 0 Å². The summed E-state index contributed by atoms with van der Waals surface area (Å²) in [4.78, 5) is 9.74. The molecule has 158 valence electrons. The highest BCUT2D eigenvalue weighted by Crippen LogP contribution is 2.26. The minimum absolute atomic E-state index is 0. The summed E-state index contributed by atoms with van der Waals surface area (Å²) in [5, 5.41) is 6.85. The molecule has 1 aromatic carbocycles. The van der Waals surface area contributed by atoms with Gasteiger partial charge in [0.05, 0.1) is 13.2 Å². The van der Waals surface area contributed by atoms with E-state index >= 15 is 0 Å². The van der Waals surface area contributed by atoms with Gasteiger partial charge in [0.1, 0.15) is 0 Å². The molecule has 8 heteroatoms. The highest BCUT2D eigenvalue weighted by molar-refractivity contribution is 14.0. The summed E-state index contributed by atoms with van der Waals surface area (Å²) in [5.41, 5.74) is 1.30. The molecule has 0 radical (unpaired) electrons. The van der Waals surface area contributed by atoms with Crippen molar-refractivity contribution in [3.63, 3.8) is 0 Å². The number of ether oxygens (including phenoxy) is 1. The van der Waals surface area contributed by atoms with Crippen LogP contribution in [-0.2, 0) is 4.74 Å². The topological polar surface area (TPSA) is 52.1 Å². The van der Waals surface area contributed by atoms with Crippen molar-refractivity contribution in [2.24, 2.45) is 10.9 Å². The number of benzene rings is 1. The number of nitrogens with zero attached hydrogens (tertiary/aromatic N) is 3. The van der Waals surface area contributed by atoms with Crippen molar-refractivity contribution >= 4 is 51.6 Å². The number of hydrogen-bond donors (Lipinski definition) is 2. The molecule has 0 spiro atoms. The Bertz CT molecular complexity index is 612. The molecule has 2 aliphatic heterocycles. The van der Waals surface area contributed by atoms with Crippen LogP contribution in [0.4, 0.5) is 5.69 Å². The van der Waals surface area contributed by atoms with Crippen molar-refractivity contribution in [1.29, 1.82) is 0 Å². The number of guanidine groups is 1. The summed E-state index contributed by atoms with van der Waals surface area (Å²) >= 11 is 3.57. The van der Waals surface area contributed by atoms with Gasteiger partial charge in [0.2, 0.25) is 0 Å². The maximum atomic E-state index is 5.40. The van der Waals surface area contributed by atoms with Crippen molar-refractivity contribution in [3.8, 4) is 0 Å². The monoisotopic (exact) mass is 565 g/mol. The maximum Gasteiger partial charge on any atom is 0.191 e. The number of halogens is 2. The maximum absolute atomic E-state index is 5.40. The van der Waals surface area contributed by atoms with E-state index < -0.39 is 0 Å². The van der Waals surface area contributed by atoms with Crippen LogP contribution in [-0.4, -0.2) is 76.4 Å². The molecule has 0 bridgehead atoms. The van der Waals surface area contributed by atoms with Crippen molar-refractivity contribution < 1.29 is 4.74 Å². The third kappa shape index (κ3) is 7.68. The largest absolute Gasteiger partial charge is 0.379 e. The second-order valence-electron chi connectivity index (χ2n) is 7.18. The van der Waals surface area contributed by atoms with E-state index in [0.717, 1.165) is 76.0 Å². The summed E-state index contributed by atoms with van der Waals surface area (Å²) < 4.78 is 6.54. The van der Waals surface area contributed by atoms with Gasteiger partial charge in [0, 0.05) is 62.5 Å². The SMILES string of the molecule is CCNC(=NCC1CCN(c2cccc(Br)c2)C1)NCCN1CCOCC1.I. The number of morpholine rings is 1. The lowest BCUT2D eigenvalue weighted by molar-refractivity contribution is 0.0389. The van der Waals surface area contributed by atoms with Gasteiger partial charge in [-0.1, -0.05) is 22.0 Å². The lowest BCUT2D eigenvalue weighted by Gasteiger charge is -2.26. The number of anilines is 1. The van der Waals surface area contributed by atoms with Gasteiger partial charge in [0.15, 0.2) is 5.96 Å². The summed E-state index contributed by atoms with van der Waals surface area (Å²) in [6.45, 7) is 11.8. The van der Waals surface area contributed by atoms with Crippen LogP contribution < -0.4 is 15.5 Å². The third-order valence-corrected chi connectivity index (χ3v) is 5.63. The number of hydrogen-bond acceptors (Lipinski definition) is 4. The highest BCUT2D eigenvalue weighted by Gasteiger charge is 2.22. The Hall–Kier alpha value is -0.580. The van der Waals surface area contributed by atoms with Crippen LogP contribution in [0.15, 0.2) is 33.7 Å². The Labute approximate surface area is 194 Å². The molecule has 3 rings (SSSR count). The normalized spacial score (nSPS) is 20.7. The fraction of sp³-hybridized carbons (Fsp3) is 0.650. The molecular weight excluding hydrogens is 533 g/mol. The molecule has 2 N–H and O–H groups in total. The van der Waals surface area contributed by atoms with Gasteiger partial charge in [0.25, 0.3) is 0 Å². The molecule has 6 nitrogen and oxygen atoms in total. The molecule has 2 saturated heterocycles. The number of aliphatic imine (C=N–C) groups is 1. The molecule has 1 aromatic rings. The minimum atomic E-state index is 0. The third-order valence-electron chi connectivity index (χ3n) is 5.14. The molecule has 2 aliphatic rings. The van der Waals surface area contributed by atoms with Gasteiger partial charge in [-0.3, -0.25) is 9.89 Å². The molecule has 2 fully saturated rings. The van der Waals surface area contributed by atoms with Gasteiger partial charge in [-0.25, -0.2) is 0 Å². The van der Waals surface area contributed by atoms with Crippen LogP contribution in [0, 0.1) is 5.92 Å². The predicted octanol–water partition coefficient (Wildman–Crippen LogP) is 2.78. The molecule has 0 aromatic heterocycles. The van der Waals surface area contributed by atoms with Gasteiger partial charge in [-0.05, 0) is 37.5 Å². The molecule has 1 atom stereocenters. The zero-order valence-corrected chi connectivity index (χ0v) is 20.6. The van der Waals surface area contributed by atoms with Crippen molar-refractivity contribution in [2.45, 2.75) is 13.3 Å². The quantitative estimate of drug-likeness (QED) is 0.302. The molecule has 0 saturated carbocycles. The van der Waals surface area contributed by atoms with E-state index in [2.05, 4.69) is 67.6 Å². The Kier molecular flexibility index (Phi) is 10.9. The Balaban J connectivity index is 0.00000280. The first kappa shape index (κ1) is 23.7. The van der Waals surface area contributed by atoms with E-state index in [0.29, 0.717) is 5.92 Å². The van der Waals surface area contributed by atoms with E-state index in [1.807, 2.05) is 0 Å². The molecule has 28 heavy (non-hydrogen) atoms. The molecular formula is C20H33BrIN5O. The smallest absolute Gasteiger partial charge is 0.191 e. The summed E-state index contributed by atoms with van der Waals surface area (Å²) in [6, 6.07) is 8.57. The van der Waals surface area contributed by atoms with Gasteiger partial charge >= 0.3 is 0 Å². The first-order valence-corrected chi connectivity index (χ1v) is 10.9. The predicted molar refractivity (Wildman–Crippen MR) is 131 cm³/mol. The zero-order chi connectivity index (χ0) is 18.9. The average Bonchev–Trinajstić information content (AvgIpc) is 3.16. The van der Waals surface area contributed by atoms with Crippen LogP contribution >= 0.6 is 39.9 Å². The van der Waals surface area contributed by atoms with Crippen molar-refractivity contribution in [2.75, 3.05) is 70.5 Å². The van der Waals surface area contributed by atoms with E-state index in [9.17, 15) is 0 Å². The lowest BCUT2D eigenvalue weighted by atomic mass is 10.1. The number of nitrogens with one attached hydrogen (secondary N) is 2. The van der Waals surface area contributed by atoms with Crippen LogP contribution in [0.1, 0.15) is 13.3 Å². The first-order valence-electron chi connectivity index (χ1n) is 10.1. The van der Waals surface area contributed by atoms with Crippen molar-refractivity contribution in [3.05, 3.63) is 28.7 Å². The van der Waals surface area contributed by atoms with Crippen LogP contribution in [0.2, 0.25) is 0 Å². The average molecular weight is 566 g/mol. The highest BCUT2D eigenvalue weighted by atomic mass is 127. The van der Waals surface area contributed by atoms with Crippen LogP contribution in [0.5, 0.6) is 0 Å². The van der Waals surface area contributed by atoms with E-state index in [4.69, 9.17) is 9.73 Å². The molecule has 2 heterocycles. The second kappa shape index (κ2) is 12.9. The lowest BCUT2D eigenvalue weighted by Crippen LogP contribution is -2.44. The Morgan fingerprint density at radius 2 is 2.07 bits per heavy atom. The zero-order valence-electron chi connectivity index (χ0n) is 16.7. The minimum Gasteiger partial charge on any atom is -0.379 e. The van der Waals surface area contributed by atoms with Gasteiger partial charge in [-0.2, -0.15) is 0 Å². The summed E-state index contributed by atoms with van der Waals surface area (Å²) in [5.74, 6) is 1.55. The van der Waals surface area contributed by atoms with Crippen LogP contribution in [0.3, 0.4) is 0 Å². The second-order valence-corrected chi connectivity index (χ2v) is 8.10. The van der Waals surface area contributed by atoms with Gasteiger partial charge < -0.3 is 20.3 Å². The Morgan fingerprint density at radius 3 is 2.82 bits per heavy atom. The molecule has 1 unspecified atom stereocenters. The Morgan fingerprint density at radius 1 is 1.25 bits per heavy atom. The summed E-state index contributed by atoms with van der Waals surface area (Å²) in [6.07, 6.45) is 1.20.